The maximum atomic E-state index is 13.9. The summed E-state index contributed by atoms with van der Waals surface area (Å²) in [6.07, 6.45) is 8.99. The third-order valence-electron chi connectivity index (χ3n) is 10.7. The third-order valence-corrected chi connectivity index (χ3v) is 12.6. The van der Waals surface area contributed by atoms with Crippen LogP contribution < -0.4 is 0 Å². The van der Waals surface area contributed by atoms with Crippen LogP contribution in [0.25, 0.3) is 0 Å². The van der Waals surface area contributed by atoms with E-state index < -0.39 is 29.8 Å². The number of cyclic esters (lactones) is 1. The highest BCUT2D eigenvalue weighted by Crippen LogP contribution is 2.51. The van der Waals surface area contributed by atoms with Crippen LogP contribution in [0.2, 0.25) is 26.2 Å². The first kappa shape index (κ1) is 39.2. The van der Waals surface area contributed by atoms with Crippen molar-refractivity contribution in [3.05, 3.63) is 23.8 Å². The van der Waals surface area contributed by atoms with Crippen LogP contribution in [0.1, 0.15) is 102 Å². The molecule has 0 amide bonds. The second-order valence-electron chi connectivity index (χ2n) is 18.2. The molecule has 46 heavy (non-hydrogen) atoms. The highest BCUT2D eigenvalue weighted by molar-refractivity contribution is 6.48. The molecule has 0 aromatic carbocycles. The Hall–Kier alpha value is -1.23. The van der Waals surface area contributed by atoms with Gasteiger partial charge in [-0.2, -0.15) is 0 Å². The summed E-state index contributed by atoms with van der Waals surface area (Å²) in [5.74, 6) is 0.412. The van der Waals surface area contributed by atoms with Gasteiger partial charge in [-0.1, -0.05) is 87.5 Å². The van der Waals surface area contributed by atoms with Crippen LogP contribution in [0.15, 0.2) is 23.8 Å². The van der Waals surface area contributed by atoms with Crippen molar-refractivity contribution >= 4 is 30.0 Å². The largest absolute Gasteiger partial charge is 0.461 e. The molecule has 1 unspecified atom stereocenters. The van der Waals surface area contributed by atoms with Crippen molar-refractivity contribution in [1.82, 2.24) is 0 Å². The fourth-order valence-corrected chi connectivity index (χ4v) is 10.8. The van der Waals surface area contributed by atoms with Crippen LogP contribution in [0, 0.1) is 52.3 Å². The lowest BCUT2D eigenvalue weighted by Gasteiger charge is -2.52. The normalized spacial score (nSPS) is 30.5. The molecular weight excluding hydrogens is 609 g/mol. The zero-order valence-corrected chi connectivity index (χ0v) is 34.2. The summed E-state index contributed by atoms with van der Waals surface area (Å²) in [4.78, 5) is 27.5. The molecule has 3 rings (SSSR count). The highest BCUT2D eigenvalue weighted by Gasteiger charge is 2.53. The van der Waals surface area contributed by atoms with Crippen molar-refractivity contribution in [3.63, 3.8) is 0 Å². The van der Waals surface area contributed by atoms with Crippen molar-refractivity contribution in [2.45, 2.75) is 152 Å². The van der Waals surface area contributed by atoms with E-state index in [1.807, 2.05) is 0 Å². The van der Waals surface area contributed by atoms with Crippen molar-refractivity contribution in [1.29, 1.82) is 0 Å². The first-order valence-electron chi connectivity index (χ1n) is 18.2. The summed E-state index contributed by atoms with van der Waals surface area (Å²) in [7, 11) is -2.98. The Morgan fingerprint density at radius 2 is 1.52 bits per heavy atom. The lowest BCUT2D eigenvalue weighted by molar-refractivity contribution is -0.183. The Morgan fingerprint density at radius 1 is 0.913 bits per heavy atom. The van der Waals surface area contributed by atoms with Crippen molar-refractivity contribution < 1.29 is 27.9 Å². The van der Waals surface area contributed by atoms with Crippen molar-refractivity contribution in [2.75, 3.05) is 0 Å². The quantitative estimate of drug-likeness (QED) is 0.161. The summed E-state index contributed by atoms with van der Waals surface area (Å²) >= 11 is 0. The van der Waals surface area contributed by atoms with E-state index in [-0.39, 0.29) is 76.4 Å². The topological polar surface area (TPSA) is 71.1 Å². The van der Waals surface area contributed by atoms with Gasteiger partial charge in [0.25, 0.3) is 0 Å². The fraction of sp³-hybridized carbons (Fsp3) is 0.842. The molecule has 0 aromatic rings. The molecule has 8 atom stereocenters. The van der Waals surface area contributed by atoms with Gasteiger partial charge >= 0.3 is 11.9 Å². The fourth-order valence-electron chi connectivity index (χ4n) is 8.58. The second-order valence-corrected chi connectivity index (χ2v) is 22.9. The SMILES string of the molecule is CC(C)C(C(=O)O[C@H]1C[C@H](C(C)(C)C)C=C2C=CC[C@H]([C@](C)(C[C@H]3C[C@H](C(C)(C)C)C(O[SiH](C)C)C(=O)O3)O[SiH](C)C)[C@H]21)C(C)C. The number of carbonyl (C=O) groups is 2. The molecule has 0 saturated carbocycles. The van der Waals surface area contributed by atoms with Gasteiger partial charge in [0.05, 0.1) is 11.5 Å². The molecule has 1 fully saturated rings. The minimum atomic E-state index is -1.53. The number of hydrogen-bond donors (Lipinski definition) is 0. The van der Waals surface area contributed by atoms with E-state index in [2.05, 4.69) is 121 Å². The van der Waals surface area contributed by atoms with E-state index >= 15 is 0 Å². The number of ether oxygens (including phenoxy) is 2. The molecule has 1 heterocycles. The van der Waals surface area contributed by atoms with E-state index in [4.69, 9.17) is 18.3 Å². The molecule has 0 aromatic heterocycles. The number of carbonyl (C=O) groups excluding carboxylic acids is 2. The predicted octanol–water partition coefficient (Wildman–Crippen LogP) is 8.51. The monoisotopic (exact) mass is 676 g/mol. The maximum absolute atomic E-state index is 13.9. The Bertz CT molecular complexity index is 1110. The Morgan fingerprint density at radius 3 is 2.02 bits per heavy atom. The van der Waals surface area contributed by atoms with E-state index in [0.29, 0.717) is 6.42 Å². The lowest BCUT2D eigenvalue weighted by atomic mass is 9.61. The van der Waals surface area contributed by atoms with Gasteiger partial charge in [-0.15, -0.1) is 0 Å². The van der Waals surface area contributed by atoms with Crippen LogP contribution in [-0.4, -0.2) is 53.9 Å². The van der Waals surface area contributed by atoms with E-state index in [1.165, 1.54) is 5.57 Å². The average Bonchev–Trinajstić information content (AvgIpc) is 2.87. The Labute approximate surface area is 285 Å². The van der Waals surface area contributed by atoms with Gasteiger partial charge in [-0.25, -0.2) is 4.79 Å². The van der Waals surface area contributed by atoms with Gasteiger partial charge in [0.15, 0.2) is 18.1 Å². The van der Waals surface area contributed by atoms with Crippen LogP contribution in [-0.2, 0) is 27.9 Å². The first-order valence-corrected chi connectivity index (χ1v) is 23.7. The Kier molecular flexibility index (Phi) is 12.9. The second kappa shape index (κ2) is 15.1. The van der Waals surface area contributed by atoms with E-state index in [0.717, 1.165) is 19.3 Å². The summed E-state index contributed by atoms with van der Waals surface area (Å²) in [5.41, 5.74) is 0.638. The van der Waals surface area contributed by atoms with Crippen molar-refractivity contribution in [2.24, 2.45) is 52.3 Å². The number of esters is 2. The van der Waals surface area contributed by atoms with Gasteiger partial charge in [-0.05, 0) is 86.5 Å². The number of hydrogen-bond acceptors (Lipinski definition) is 6. The standard InChI is InChI=1S/C38H68O6Si2/c1-23(2)31(24(3)4)34(39)42-30-20-26(36(5,6)7)19-25-17-16-18-28(32(25)30)38(11,44-46(14)15)22-27-21-29(37(8,9)10)33(35(40)41-27)43-45(12)13/h16-17,19,23-24,26-33,45-46H,18,20-22H2,1-15H3/t26-,27-,28+,29+,30+,32+,33?,38+/m1/s1. The van der Waals surface area contributed by atoms with Crippen LogP contribution >= 0.6 is 0 Å². The number of allylic oxidation sites excluding steroid dienone is 3. The smallest absolute Gasteiger partial charge is 0.334 e. The molecule has 0 spiro atoms. The molecule has 2 aliphatic carbocycles. The van der Waals surface area contributed by atoms with Gasteiger partial charge in [0.1, 0.15) is 18.3 Å². The maximum Gasteiger partial charge on any atom is 0.334 e. The molecular formula is C38H68O6Si2. The molecule has 264 valence electrons. The molecule has 1 saturated heterocycles. The van der Waals surface area contributed by atoms with Gasteiger partial charge in [0.2, 0.25) is 0 Å². The van der Waals surface area contributed by atoms with E-state index in [9.17, 15) is 9.59 Å². The van der Waals surface area contributed by atoms with Crippen LogP contribution in [0.4, 0.5) is 0 Å². The van der Waals surface area contributed by atoms with Crippen molar-refractivity contribution in [3.8, 4) is 0 Å². The van der Waals surface area contributed by atoms with Gasteiger partial charge in [-0.3, -0.25) is 4.79 Å². The summed E-state index contributed by atoms with van der Waals surface area (Å²) in [5, 5.41) is 0. The molecule has 0 N–H and O–H groups in total. The Balaban J connectivity index is 2.04. The molecule has 8 heteroatoms. The third kappa shape index (κ3) is 9.47. The lowest BCUT2D eigenvalue weighted by Crippen LogP contribution is -2.55. The minimum Gasteiger partial charge on any atom is -0.461 e. The van der Waals surface area contributed by atoms with Crippen LogP contribution in [0.3, 0.4) is 0 Å². The summed E-state index contributed by atoms with van der Waals surface area (Å²) in [6.45, 7) is 32.9. The number of fused-ring (bicyclic) bond motifs is 1. The highest BCUT2D eigenvalue weighted by atomic mass is 28.3. The zero-order valence-electron chi connectivity index (χ0n) is 31.9. The minimum absolute atomic E-state index is 0.0194. The molecule has 3 aliphatic rings. The van der Waals surface area contributed by atoms with Gasteiger partial charge in [0, 0.05) is 24.2 Å². The number of rotatable bonds is 11. The molecule has 0 radical (unpaired) electrons. The molecule has 1 aliphatic heterocycles. The van der Waals surface area contributed by atoms with E-state index in [1.54, 1.807) is 0 Å². The summed E-state index contributed by atoms with van der Waals surface area (Å²) < 4.78 is 26.3. The van der Waals surface area contributed by atoms with Gasteiger partial charge < -0.3 is 18.3 Å². The molecule has 0 bridgehead atoms. The average molecular weight is 677 g/mol. The molecule has 6 nitrogen and oxygen atoms in total. The summed E-state index contributed by atoms with van der Waals surface area (Å²) in [6, 6.07) is 0. The predicted molar refractivity (Wildman–Crippen MR) is 194 cm³/mol. The first-order chi connectivity index (χ1) is 21.0. The zero-order chi connectivity index (χ0) is 34.9. The van der Waals surface area contributed by atoms with Crippen LogP contribution in [0.5, 0.6) is 0 Å².